The Bertz CT molecular complexity index is 252. The lowest BCUT2D eigenvalue weighted by molar-refractivity contribution is 0.514. The summed E-state index contributed by atoms with van der Waals surface area (Å²) in [4.78, 5) is 0. The SMILES string of the molecule is CCCCCC(C#CO)[Si](C)(C)C(C)(C)C. The lowest BCUT2D eigenvalue weighted by Crippen LogP contribution is -2.41. The molecule has 0 rings (SSSR count). The maximum absolute atomic E-state index is 8.88. The van der Waals surface area contributed by atoms with Crippen LogP contribution in [0, 0.1) is 12.0 Å². The molecule has 0 aromatic heterocycles. The Balaban J connectivity index is 4.68. The molecular weight excluding hydrogens is 212 g/mol. The van der Waals surface area contributed by atoms with E-state index in [1.165, 1.54) is 19.3 Å². The van der Waals surface area contributed by atoms with Crippen molar-refractivity contribution in [2.45, 2.75) is 77.1 Å². The van der Waals surface area contributed by atoms with Crippen LogP contribution in [0.15, 0.2) is 0 Å². The van der Waals surface area contributed by atoms with Gasteiger partial charge in [0.25, 0.3) is 0 Å². The highest BCUT2D eigenvalue weighted by molar-refractivity contribution is 6.82. The summed E-state index contributed by atoms with van der Waals surface area (Å²) in [5.41, 5.74) is 0.420. The standard InChI is InChI=1S/C14H28OSi/c1-7-8-9-10-13(11-12-15)16(5,6)14(2,3)4/h13,15H,7-10H2,1-6H3. The molecule has 1 N–H and O–H groups in total. The second-order valence-electron chi connectivity index (χ2n) is 6.28. The highest BCUT2D eigenvalue weighted by atomic mass is 28.3. The Morgan fingerprint density at radius 3 is 2.12 bits per heavy atom. The fraction of sp³-hybridized carbons (Fsp3) is 0.857. The molecule has 0 saturated heterocycles. The lowest BCUT2D eigenvalue weighted by atomic mass is 10.1. The Morgan fingerprint density at radius 2 is 1.75 bits per heavy atom. The van der Waals surface area contributed by atoms with Gasteiger partial charge in [0.15, 0.2) is 0 Å². The van der Waals surface area contributed by atoms with E-state index in [2.05, 4.69) is 52.8 Å². The first-order valence-electron chi connectivity index (χ1n) is 6.42. The first-order chi connectivity index (χ1) is 7.27. The quantitative estimate of drug-likeness (QED) is 0.416. The van der Waals surface area contributed by atoms with Crippen LogP contribution in [-0.2, 0) is 0 Å². The summed E-state index contributed by atoms with van der Waals surface area (Å²) in [6.45, 7) is 13.9. The number of aliphatic hydroxyl groups is 1. The van der Waals surface area contributed by atoms with E-state index in [9.17, 15) is 0 Å². The first kappa shape index (κ1) is 15.6. The van der Waals surface area contributed by atoms with Crippen LogP contribution in [0.4, 0.5) is 0 Å². The third-order valence-electron chi connectivity index (χ3n) is 4.14. The fourth-order valence-electron chi connectivity index (χ4n) is 1.81. The maximum Gasteiger partial charge on any atom is 0.107 e. The van der Waals surface area contributed by atoms with Gasteiger partial charge < -0.3 is 5.11 Å². The van der Waals surface area contributed by atoms with Crippen molar-refractivity contribution < 1.29 is 5.11 Å². The molecule has 0 fully saturated rings. The maximum atomic E-state index is 8.88. The van der Waals surface area contributed by atoms with E-state index < -0.39 is 8.07 Å². The van der Waals surface area contributed by atoms with Crippen LogP contribution in [0.1, 0.15) is 53.4 Å². The zero-order valence-corrected chi connectivity index (χ0v) is 12.9. The first-order valence-corrected chi connectivity index (χ1v) is 9.49. The van der Waals surface area contributed by atoms with E-state index >= 15 is 0 Å². The minimum Gasteiger partial charge on any atom is -0.462 e. The van der Waals surface area contributed by atoms with Gasteiger partial charge >= 0.3 is 0 Å². The van der Waals surface area contributed by atoms with Gasteiger partial charge in [0.05, 0.1) is 8.07 Å². The predicted octanol–water partition coefficient (Wildman–Crippen LogP) is 4.78. The van der Waals surface area contributed by atoms with Crippen LogP contribution >= 0.6 is 0 Å². The molecule has 0 aliphatic heterocycles. The minimum absolute atomic E-state index is 0.341. The summed E-state index contributed by atoms with van der Waals surface area (Å²) in [5, 5.41) is 9.22. The van der Waals surface area contributed by atoms with Crippen LogP contribution in [0.5, 0.6) is 0 Å². The molecule has 1 atom stereocenters. The highest BCUT2D eigenvalue weighted by Gasteiger charge is 2.41. The van der Waals surface area contributed by atoms with Crippen LogP contribution in [0.3, 0.4) is 0 Å². The van der Waals surface area contributed by atoms with Crippen molar-refractivity contribution in [3.63, 3.8) is 0 Å². The molecule has 0 amide bonds. The zero-order chi connectivity index (χ0) is 12.8. The Morgan fingerprint density at radius 1 is 1.19 bits per heavy atom. The van der Waals surface area contributed by atoms with Crippen molar-refractivity contribution in [2.24, 2.45) is 0 Å². The summed E-state index contributed by atoms with van der Waals surface area (Å²) in [6, 6.07) is 0. The van der Waals surface area contributed by atoms with Gasteiger partial charge in [-0.3, -0.25) is 0 Å². The molecular formula is C14H28OSi. The van der Waals surface area contributed by atoms with Crippen molar-refractivity contribution in [3.8, 4) is 12.0 Å². The van der Waals surface area contributed by atoms with Gasteiger partial charge in [0.2, 0.25) is 0 Å². The molecule has 94 valence electrons. The van der Waals surface area contributed by atoms with Gasteiger partial charge in [-0.05, 0) is 11.5 Å². The number of hydrogen-bond acceptors (Lipinski definition) is 1. The lowest BCUT2D eigenvalue weighted by Gasteiger charge is -2.41. The molecule has 0 radical (unpaired) electrons. The monoisotopic (exact) mass is 240 g/mol. The van der Waals surface area contributed by atoms with E-state index in [1.807, 2.05) is 0 Å². The third kappa shape index (κ3) is 4.21. The van der Waals surface area contributed by atoms with Gasteiger partial charge in [0, 0.05) is 5.54 Å². The molecule has 1 unspecified atom stereocenters. The van der Waals surface area contributed by atoms with Gasteiger partial charge in [-0.2, -0.15) is 0 Å². The third-order valence-corrected chi connectivity index (χ3v) is 10.2. The van der Waals surface area contributed by atoms with E-state index in [-0.39, 0.29) is 0 Å². The van der Waals surface area contributed by atoms with E-state index in [1.54, 1.807) is 0 Å². The van der Waals surface area contributed by atoms with Crippen molar-refractivity contribution >= 4 is 8.07 Å². The van der Waals surface area contributed by atoms with Crippen LogP contribution in [-0.4, -0.2) is 13.2 Å². The molecule has 0 bridgehead atoms. The summed E-state index contributed by atoms with van der Waals surface area (Å²) < 4.78 is 0. The van der Waals surface area contributed by atoms with E-state index in [0.29, 0.717) is 10.6 Å². The summed E-state index contributed by atoms with van der Waals surface area (Å²) in [6.07, 6.45) is 7.07. The van der Waals surface area contributed by atoms with Crippen LogP contribution in [0.2, 0.25) is 23.7 Å². The second-order valence-corrected chi connectivity index (χ2v) is 11.9. The van der Waals surface area contributed by atoms with Gasteiger partial charge in [-0.1, -0.05) is 66.0 Å². The largest absolute Gasteiger partial charge is 0.462 e. The average Bonchev–Trinajstić information content (AvgIpc) is 2.15. The number of unbranched alkanes of at least 4 members (excludes halogenated alkanes) is 2. The Labute approximate surface area is 103 Å². The molecule has 0 aromatic carbocycles. The van der Waals surface area contributed by atoms with Crippen molar-refractivity contribution in [3.05, 3.63) is 0 Å². The topological polar surface area (TPSA) is 20.2 Å². The van der Waals surface area contributed by atoms with Crippen molar-refractivity contribution in [1.82, 2.24) is 0 Å². The van der Waals surface area contributed by atoms with Crippen LogP contribution < -0.4 is 0 Å². The minimum atomic E-state index is -1.44. The summed E-state index contributed by atoms with van der Waals surface area (Å²) >= 11 is 0. The summed E-state index contributed by atoms with van der Waals surface area (Å²) in [5.74, 6) is 3.06. The smallest absolute Gasteiger partial charge is 0.107 e. The van der Waals surface area contributed by atoms with Crippen molar-refractivity contribution in [2.75, 3.05) is 0 Å². The molecule has 0 aromatic rings. The number of rotatable bonds is 5. The molecule has 16 heavy (non-hydrogen) atoms. The van der Waals surface area contributed by atoms with Gasteiger partial charge in [-0.25, -0.2) is 0 Å². The molecule has 0 saturated carbocycles. The molecule has 0 aliphatic carbocycles. The molecule has 1 nitrogen and oxygen atoms in total. The van der Waals surface area contributed by atoms with Gasteiger partial charge in [0.1, 0.15) is 6.11 Å². The number of hydrogen-bond donors (Lipinski definition) is 1. The second kappa shape index (κ2) is 6.35. The highest BCUT2D eigenvalue weighted by Crippen LogP contribution is 2.45. The van der Waals surface area contributed by atoms with Crippen molar-refractivity contribution in [1.29, 1.82) is 0 Å². The number of aliphatic hydroxyl groups excluding tert-OH is 1. The van der Waals surface area contributed by atoms with E-state index in [4.69, 9.17) is 5.11 Å². The Kier molecular flexibility index (Phi) is 6.18. The average molecular weight is 240 g/mol. The van der Waals surface area contributed by atoms with Gasteiger partial charge in [-0.15, -0.1) is 0 Å². The van der Waals surface area contributed by atoms with Crippen LogP contribution in [0.25, 0.3) is 0 Å². The molecule has 0 spiro atoms. The Hall–Kier alpha value is -0.423. The fourth-order valence-corrected chi connectivity index (χ4v) is 4.21. The normalized spacial score (nSPS) is 14.1. The zero-order valence-electron chi connectivity index (χ0n) is 11.9. The van der Waals surface area contributed by atoms with E-state index in [0.717, 1.165) is 6.42 Å². The summed E-state index contributed by atoms with van der Waals surface area (Å²) in [7, 11) is -1.44. The molecule has 0 aliphatic rings. The molecule has 0 heterocycles. The predicted molar refractivity (Wildman–Crippen MR) is 74.8 cm³/mol. The molecule has 2 heteroatoms.